The van der Waals surface area contributed by atoms with Crippen LogP contribution in [-0.2, 0) is 68.7 Å². The smallest absolute Gasteiger partial charge is 0.245 e. The van der Waals surface area contributed by atoms with Crippen molar-refractivity contribution in [1.82, 2.24) is 63.4 Å². The Bertz CT molecular complexity index is 2710. The number of benzene rings is 1. The topological polar surface area (TPSA) is 436 Å². The van der Waals surface area contributed by atoms with E-state index >= 15 is 0 Å². The second-order valence-corrected chi connectivity index (χ2v) is 27.8. The quantitative estimate of drug-likeness (QED) is 0.0400. The van der Waals surface area contributed by atoms with E-state index in [9.17, 15) is 62.3 Å². The van der Waals surface area contributed by atoms with Crippen molar-refractivity contribution in [2.24, 2.45) is 58.6 Å². The summed E-state index contributed by atoms with van der Waals surface area (Å²) in [5.74, 6) is -9.88. The van der Waals surface area contributed by atoms with Crippen molar-refractivity contribution >= 4 is 76.8 Å². The molecule has 1 heterocycles. The Hall–Kier alpha value is -7.75. The van der Waals surface area contributed by atoms with Crippen LogP contribution in [0.15, 0.2) is 30.3 Å². The van der Waals surface area contributed by atoms with E-state index in [-0.39, 0.29) is 81.2 Å². The van der Waals surface area contributed by atoms with Gasteiger partial charge in [0.05, 0.1) is 25.7 Å². The van der Waals surface area contributed by atoms with Crippen LogP contribution in [0.1, 0.15) is 180 Å². The Kier molecular flexibility index (Phi) is 38.2. The molecular weight excluding hydrogens is 1230 g/mol. The summed E-state index contributed by atoms with van der Waals surface area (Å²) in [5, 5.41) is 29.4. The van der Waals surface area contributed by atoms with Crippen LogP contribution >= 0.6 is 0 Å². The van der Waals surface area contributed by atoms with Gasteiger partial charge in [-0.1, -0.05) is 140 Å². The van der Waals surface area contributed by atoms with Crippen molar-refractivity contribution < 1.29 is 62.3 Å². The highest BCUT2D eigenvalue weighted by Crippen LogP contribution is 2.23. The van der Waals surface area contributed by atoms with E-state index in [0.717, 1.165) is 5.56 Å². The Labute approximate surface area is 568 Å². The number of hydrogen-bond donors (Lipinski definition) is 14. The highest BCUT2D eigenvalue weighted by atomic mass is 16.2. The number of nitrogens with two attached hydrogens (primary N) is 3. The van der Waals surface area contributed by atoms with Gasteiger partial charge >= 0.3 is 0 Å². The van der Waals surface area contributed by atoms with Gasteiger partial charge in [-0.2, -0.15) is 0 Å². The van der Waals surface area contributed by atoms with Gasteiger partial charge < -0.3 is 80.6 Å². The Morgan fingerprint density at radius 3 is 1.36 bits per heavy atom. The maximum absolute atomic E-state index is 14.3. The van der Waals surface area contributed by atoms with E-state index in [1.807, 2.05) is 106 Å². The number of carbonyl (C=O) groups excluding carboxylic acids is 13. The molecule has 13 amide bonds. The van der Waals surface area contributed by atoms with Gasteiger partial charge in [0.1, 0.15) is 54.4 Å². The summed E-state index contributed by atoms with van der Waals surface area (Å²) in [7, 11) is 0. The maximum Gasteiger partial charge on any atom is 0.245 e. The van der Waals surface area contributed by atoms with Gasteiger partial charge in [-0.05, 0) is 124 Å². The van der Waals surface area contributed by atoms with E-state index in [1.165, 1.54) is 4.90 Å². The standard InChI is InChI=1S/C68H117N15O13/c1-15-43(13)57(66(94)78-49(30-39(5)6)61(89)73-35-54(84)72-36-55(85)76-51(32-41(9)10)64(92)77-48(59(71)87)29-38(3)4)81-63(91)47(25-20-21-27-69)75-56(86)37-74-62(90)50(31-40(7)8)79-67(95)58(44(14)16-2)82-65(93)53-26-22-28-83(53)68(96)52(33-42(11)12)80-60(88)46(70)34-45-23-18-17-19-24-45/h17-19,23-24,38-44,46-53,57-58H,15-16,20-22,25-37,69-70H2,1-14H3,(H2,71,87)(H,72,84)(H,73,89)(H,74,90)(H,75,86)(H,76,85)(H,77,92)(H,78,94)(H,79,95)(H,80,88)(H,81,91)(H,82,93)/t43-,44-,46-,47-,48-,49-,50-,51-,52-,53-,57-,58-/m0/s1. The van der Waals surface area contributed by atoms with Crippen molar-refractivity contribution in [2.75, 3.05) is 32.7 Å². The molecule has 2 rings (SSSR count). The Balaban J connectivity index is 2.20. The zero-order valence-corrected chi connectivity index (χ0v) is 59.4. The third-order valence-electron chi connectivity index (χ3n) is 16.7. The average molecular weight is 1350 g/mol. The van der Waals surface area contributed by atoms with Gasteiger partial charge in [0, 0.05) is 6.54 Å². The highest BCUT2D eigenvalue weighted by molar-refractivity contribution is 5.99. The van der Waals surface area contributed by atoms with Gasteiger partial charge in [-0.3, -0.25) is 62.3 Å². The van der Waals surface area contributed by atoms with Crippen molar-refractivity contribution in [3.05, 3.63) is 35.9 Å². The number of carbonyl (C=O) groups is 13. The predicted octanol–water partition coefficient (Wildman–Crippen LogP) is 0.711. The maximum atomic E-state index is 14.3. The zero-order valence-electron chi connectivity index (χ0n) is 59.4. The molecule has 1 saturated heterocycles. The van der Waals surface area contributed by atoms with E-state index in [1.54, 1.807) is 20.8 Å². The first kappa shape index (κ1) is 84.3. The predicted molar refractivity (Wildman–Crippen MR) is 366 cm³/mol. The molecule has 17 N–H and O–H groups in total. The molecule has 1 aromatic carbocycles. The molecule has 1 fully saturated rings. The minimum atomic E-state index is -1.22. The molecule has 1 aliphatic rings. The highest BCUT2D eigenvalue weighted by Gasteiger charge is 2.41. The number of unbranched alkanes of at least 4 members (excludes halogenated alkanes) is 1. The fourth-order valence-electron chi connectivity index (χ4n) is 11.0. The molecule has 1 aliphatic heterocycles. The molecule has 0 spiro atoms. The summed E-state index contributed by atoms with van der Waals surface area (Å²) in [6.07, 6.45) is 3.90. The molecule has 1 aromatic rings. The molecular formula is C68H117N15O13. The monoisotopic (exact) mass is 1350 g/mol. The molecule has 28 nitrogen and oxygen atoms in total. The third-order valence-corrected chi connectivity index (χ3v) is 16.7. The molecule has 28 heteroatoms. The second kappa shape index (κ2) is 43.4. The number of nitrogens with zero attached hydrogens (tertiary/aromatic N) is 1. The Morgan fingerprint density at radius 2 is 0.885 bits per heavy atom. The molecule has 0 radical (unpaired) electrons. The molecule has 0 aliphatic carbocycles. The number of likely N-dealkylation sites (tertiary alicyclic amines) is 1. The second-order valence-electron chi connectivity index (χ2n) is 27.8. The van der Waals surface area contributed by atoms with Crippen LogP contribution in [-0.4, -0.2) is 175 Å². The van der Waals surface area contributed by atoms with Gasteiger partial charge in [0.15, 0.2) is 0 Å². The van der Waals surface area contributed by atoms with Gasteiger partial charge in [0.2, 0.25) is 76.8 Å². The van der Waals surface area contributed by atoms with Crippen LogP contribution in [0.3, 0.4) is 0 Å². The molecule has 0 bridgehead atoms. The van der Waals surface area contributed by atoms with Crippen LogP contribution in [0.2, 0.25) is 0 Å². The first-order valence-electron chi connectivity index (χ1n) is 34.4. The molecule has 0 aromatic heterocycles. The van der Waals surface area contributed by atoms with Crippen LogP contribution in [0.4, 0.5) is 0 Å². The summed E-state index contributed by atoms with van der Waals surface area (Å²) in [4.78, 5) is 179. The van der Waals surface area contributed by atoms with E-state index < -0.39 is 169 Å². The van der Waals surface area contributed by atoms with Crippen molar-refractivity contribution in [3.8, 4) is 0 Å². The summed E-state index contributed by atoms with van der Waals surface area (Å²) in [6.45, 7) is 24.4. The van der Waals surface area contributed by atoms with Crippen LogP contribution in [0, 0.1) is 41.4 Å². The number of amides is 13. The van der Waals surface area contributed by atoms with Crippen molar-refractivity contribution in [2.45, 2.75) is 241 Å². The fourth-order valence-corrected chi connectivity index (χ4v) is 11.0. The first-order valence-corrected chi connectivity index (χ1v) is 34.4. The van der Waals surface area contributed by atoms with Gasteiger partial charge in [0.25, 0.3) is 0 Å². The van der Waals surface area contributed by atoms with Crippen LogP contribution in [0.5, 0.6) is 0 Å². The summed E-state index contributed by atoms with van der Waals surface area (Å²) in [5.41, 5.74) is 18.5. The lowest BCUT2D eigenvalue weighted by molar-refractivity contribution is -0.143. The SMILES string of the molecule is CC[C@H](C)[C@H](NC(=O)[C@H](CCCCN)NC(=O)CNC(=O)[C@H](CC(C)C)NC(=O)[C@@H](NC(=O)[C@@H]1CCCN1C(=O)[C@H](CC(C)C)NC(=O)[C@@H](N)Cc1ccccc1)[C@@H](C)CC)C(=O)N[C@@H](CC(C)C)C(=O)NCC(=O)NCC(=O)N[C@@H](CC(C)C)C(=O)N[C@@H](CC(C)C)C(N)=O. The van der Waals surface area contributed by atoms with Crippen molar-refractivity contribution in [1.29, 1.82) is 0 Å². The molecule has 0 saturated carbocycles. The number of rotatable bonds is 44. The number of hydrogen-bond acceptors (Lipinski definition) is 15. The average Bonchev–Trinajstić information content (AvgIpc) is 1.60. The first-order chi connectivity index (χ1) is 45.1. The Morgan fingerprint density at radius 1 is 0.469 bits per heavy atom. The van der Waals surface area contributed by atoms with Gasteiger partial charge in [-0.15, -0.1) is 0 Å². The number of nitrogens with one attached hydrogen (secondary N) is 11. The lowest BCUT2D eigenvalue weighted by atomic mass is 9.96. The third kappa shape index (κ3) is 31.0. The van der Waals surface area contributed by atoms with E-state index in [0.29, 0.717) is 44.9 Å². The molecule has 12 atom stereocenters. The van der Waals surface area contributed by atoms with Crippen LogP contribution < -0.4 is 75.7 Å². The largest absolute Gasteiger partial charge is 0.368 e. The fraction of sp³-hybridized carbons (Fsp3) is 0.721. The molecule has 542 valence electrons. The normalized spacial score (nSPS) is 16.5. The summed E-state index contributed by atoms with van der Waals surface area (Å²) >= 11 is 0. The van der Waals surface area contributed by atoms with E-state index in [2.05, 4.69) is 58.5 Å². The zero-order chi connectivity index (χ0) is 72.5. The van der Waals surface area contributed by atoms with E-state index in [4.69, 9.17) is 17.2 Å². The molecule has 0 unspecified atom stereocenters. The summed E-state index contributed by atoms with van der Waals surface area (Å²) in [6, 6.07) is -1.54. The summed E-state index contributed by atoms with van der Waals surface area (Å²) < 4.78 is 0. The number of primary amides is 1. The van der Waals surface area contributed by atoms with Crippen molar-refractivity contribution in [3.63, 3.8) is 0 Å². The van der Waals surface area contributed by atoms with Gasteiger partial charge in [-0.25, -0.2) is 0 Å². The lowest BCUT2D eigenvalue weighted by Crippen LogP contribution is -2.60. The lowest BCUT2D eigenvalue weighted by Gasteiger charge is -2.32. The minimum absolute atomic E-state index is 0.00735. The van der Waals surface area contributed by atoms with Crippen LogP contribution in [0.25, 0.3) is 0 Å². The minimum Gasteiger partial charge on any atom is -0.368 e. The molecule has 96 heavy (non-hydrogen) atoms.